The Morgan fingerprint density at radius 2 is 1.56 bits per heavy atom. The number of nitrogens with zero attached hydrogens (tertiary/aromatic N) is 5. The smallest absolute Gasteiger partial charge is 0.261 e. The Labute approximate surface area is 315 Å². The van der Waals surface area contributed by atoms with Crippen molar-refractivity contribution in [3.05, 3.63) is 65.2 Å². The number of carbonyl (C=O) groups excluding carboxylic acids is 3. The van der Waals surface area contributed by atoms with Crippen LogP contribution in [0, 0.1) is 0 Å². The van der Waals surface area contributed by atoms with Gasteiger partial charge in [-0.05, 0) is 62.2 Å². The zero-order valence-corrected chi connectivity index (χ0v) is 31.5. The molecule has 4 heterocycles. The Hall–Kier alpha value is -4.00. The van der Waals surface area contributed by atoms with E-state index in [2.05, 4.69) is 14.8 Å². The van der Waals surface area contributed by atoms with Crippen LogP contribution >= 0.6 is 24.0 Å². The van der Waals surface area contributed by atoms with Crippen LogP contribution in [0.25, 0.3) is 10.8 Å². The van der Waals surface area contributed by atoms with Gasteiger partial charge in [0, 0.05) is 73.8 Å². The monoisotopic (exact) mass is 741 g/mol. The number of thiocarbonyl (C=S) groups is 1. The van der Waals surface area contributed by atoms with Gasteiger partial charge in [-0.15, -0.1) is 0 Å². The Morgan fingerprint density at radius 1 is 0.827 bits per heavy atom. The van der Waals surface area contributed by atoms with E-state index in [1.807, 2.05) is 53.6 Å². The lowest BCUT2D eigenvalue weighted by molar-refractivity contribution is 0.0600. The summed E-state index contributed by atoms with van der Waals surface area (Å²) in [5.41, 5.74) is 2.46. The molecule has 274 valence electrons. The van der Waals surface area contributed by atoms with Gasteiger partial charge >= 0.3 is 0 Å². The molecule has 0 unspecified atom stereocenters. The number of methoxy groups -OCH3 is 1. The van der Waals surface area contributed by atoms with Crippen molar-refractivity contribution in [2.45, 2.75) is 57.4 Å². The summed E-state index contributed by atoms with van der Waals surface area (Å²) in [4.78, 5) is 52.1. The normalized spacial score (nSPS) is 18.5. The van der Waals surface area contributed by atoms with Crippen LogP contribution < -0.4 is 9.47 Å². The molecule has 7 rings (SSSR count). The van der Waals surface area contributed by atoms with Crippen LogP contribution in [0.4, 0.5) is 5.69 Å². The summed E-state index contributed by atoms with van der Waals surface area (Å²) in [6.45, 7) is 6.28. The van der Waals surface area contributed by atoms with E-state index < -0.39 is 0 Å². The number of unbranched alkanes of at least 4 members (excludes halogenated alkanes) is 4. The van der Waals surface area contributed by atoms with Crippen LogP contribution in [0.3, 0.4) is 0 Å². The summed E-state index contributed by atoms with van der Waals surface area (Å²) >= 11 is 7.56. The number of benzene rings is 3. The summed E-state index contributed by atoms with van der Waals surface area (Å²) < 4.78 is 12.6. The number of imide groups is 1. The average molecular weight is 742 g/mol. The largest absolute Gasteiger partial charge is 0.493 e. The first-order valence-corrected chi connectivity index (χ1v) is 20.0. The molecular formula is C40H47N5O5S2. The van der Waals surface area contributed by atoms with E-state index in [4.69, 9.17) is 21.7 Å². The highest BCUT2D eigenvalue weighted by molar-refractivity contribution is 8.22. The second-order valence-corrected chi connectivity index (χ2v) is 15.6. The lowest BCUT2D eigenvalue weighted by atomic mass is 9.94. The molecular weight excluding hydrogens is 695 g/mol. The van der Waals surface area contributed by atoms with Crippen LogP contribution in [0.15, 0.2) is 53.5 Å². The highest BCUT2D eigenvalue weighted by Crippen LogP contribution is 2.38. The number of rotatable bonds is 14. The van der Waals surface area contributed by atoms with E-state index in [9.17, 15) is 14.4 Å². The van der Waals surface area contributed by atoms with Gasteiger partial charge in [-0.2, -0.15) is 0 Å². The number of piperazine rings is 1. The molecule has 3 aromatic rings. The van der Waals surface area contributed by atoms with Crippen molar-refractivity contribution < 1.29 is 23.9 Å². The molecule has 4 aliphatic heterocycles. The van der Waals surface area contributed by atoms with Crippen molar-refractivity contribution in [3.8, 4) is 11.5 Å². The molecule has 2 fully saturated rings. The average Bonchev–Trinajstić information content (AvgIpc) is 3.60. The minimum Gasteiger partial charge on any atom is -0.493 e. The fraction of sp³-hybridized carbons (Fsp3) is 0.475. The van der Waals surface area contributed by atoms with Gasteiger partial charge < -0.3 is 19.3 Å². The summed E-state index contributed by atoms with van der Waals surface area (Å²) in [7, 11) is 1.61. The Bertz CT molecular complexity index is 1810. The summed E-state index contributed by atoms with van der Waals surface area (Å²) in [5.74, 6) is 1.86. The molecule has 3 amide bonds. The Morgan fingerprint density at radius 3 is 2.31 bits per heavy atom. The van der Waals surface area contributed by atoms with Gasteiger partial charge in [0.2, 0.25) is 0 Å². The van der Waals surface area contributed by atoms with Crippen molar-refractivity contribution in [1.29, 1.82) is 0 Å². The molecule has 0 aliphatic carbocycles. The van der Waals surface area contributed by atoms with Crippen LogP contribution in [0.2, 0.25) is 0 Å². The number of amides is 3. The molecule has 12 heteroatoms. The van der Waals surface area contributed by atoms with Crippen LogP contribution in [-0.2, 0) is 0 Å². The van der Waals surface area contributed by atoms with E-state index in [0.29, 0.717) is 47.0 Å². The predicted octanol–water partition coefficient (Wildman–Crippen LogP) is 6.82. The molecule has 10 nitrogen and oxygen atoms in total. The molecule has 52 heavy (non-hydrogen) atoms. The van der Waals surface area contributed by atoms with E-state index in [-0.39, 0.29) is 23.8 Å². The molecule has 0 aromatic heterocycles. The number of aliphatic imine (C=N–C) groups is 1. The van der Waals surface area contributed by atoms with Crippen molar-refractivity contribution in [2.24, 2.45) is 4.99 Å². The summed E-state index contributed by atoms with van der Waals surface area (Å²) in [6, 6.07) is 15.0. The van der Waals surface area contributed by atoms with Crippen molar-refractivity contribution in [1.82, 2.24) is 19.6 Å². The molecule has 3 aromatic carbocycles. The van der Waals surface area contributed by atoms with Gasteiger partial charge in [-0.1, -0.05) is 67.5 Å². The third-order valence-corrected chi connectivity index (χ3v) is 12.2. The van der Waals surface area contributed by atoms with E-state index in [1.54, 1.807) is 24.9 Å². The van der Waals surface area contributed by atoms with Gasteiger partial charge in [0.1, 0.15) is 4.32 Å². The SMILES string of the molecule is COc1cc2c(cc1OCCCCCCCSC(=S)N1CCN(CCCN3C(=O)c4cccc5cccc(c45)C3=O)CC1)N=C[C@@H]1CCCN1C2=O. The first kappa shape index (κ1) is 36.4. The van der Waals surface area contributed by atoms with E-state index >= 15 is 0 Å². The maximum absolute atomic E-state index is 13.2. The highest BCUT2D eigenvalue weighted by atomic mass is 32.2. The number of hydrogen-bond acceptors (Lipinski definition) is 9. The van der Waals surface area contributed by atoms with Gasteiger partial charge in [-0.3, -0.25) is 29.2 Å². The molecule has 0 saturated carbocycles. The standard InChI is InChI=1S/C40H47N5O5S2/c1-49-34-25-32-33(41-27-29-13-9-17-44(29)39(32)48)26-35(34)50-23-5-3-2-4-6-24-52-40(51)43-21-19-42(20-22-43)16-10-18-45-37(46)30-14-7-11-28-12-8-15-31(36(28)30)38(45)47/h7-8,11-12,14-15,25-27,29H,2-6,9-10,13,16-24H2,1H3/t29-/m0/s1. The number of hydrogen-bond donors (Lipinski definition) is 0. The number of fused-ring (bicyclic) bond motifs is 2. The molecule has 0 spiro atoms. The summed E-state index contributed by atoms with van der Waals surface area (Å²) in [5, 5.41) is 1.71. The van der Waals surface area contributed by atoms with Crippen molar-refractivity contribution in [2.75, 3.05) is 65.3 Å². The van der Waals surface area contributed by atoms with Crippen LogP contribution in [-0.4, -0.2) is 119 Å². The second kappa shape index (κ2) is 16.8. The topological polar surface area (TPSA) is 95.0 Å². The second-order valence-electron chi connectivity index (χ2n) is 13.9. The van der Waals surface area contributed by atoms with E-state index in [1.165, 1.54) is 4.90 Å². The van der Waals surface area contributed by atoms with Crippen LogP contribution in [0.1, 0.15) is 82.4 Å². The number of thioether (sulfide) groups is 1. The summed E-state index contributed by atoms with van der Waals surface area (Å²) in [6.07, 6.45) is 10.1. The van der Waals surface area contributed by atoms with Crippen LogP contribution in [0.5, 0.6) is 11.5 Å². The quantitative estimate of drug-likeness (QED) is 0.100. The van der Waals surface area contributed by atoms with Gasteiger partial charge in [0.25, 0.3) is 17.7 Å². The molecule has 0 N–H and O–H groups in total. The van der Waals surface area contributed by atoms with Gasteiger partial charge in [0.05, 0.1) is 31.0 Å². The number of carbonyl (C=O) groups is 3. The Balaban J connectivity index is 0.747. The van der Waals surface area contributed by atoms with E-state index in [0.717, 1.165) is 111 Å². The lowest BCUT2D eigenvalue weighted by Crippen LogP contribution is -2.48. The van der Waals surface area contributed by atoms with Gasteiger partial charge in [0.15, 0.2) is 11.5 Å². The zero-order valence-electron chi connectivity index (χ0n) is 29.9. The highest BCUT2D eigenvalue weighted by Gasteiger charge is 2.34. The molecule has 2 saturated heterocycles. The maximum atomic E-state index is 13.2. The van der Waals surface area contributed by atoms with Crippen molar-refractivity contribution >= 4 is 68.7 Å². The van der Waals surface area contributed by atoms with Gasteiger partial charge in [-0.25, -0.2) is 0 Å². The zero-order chi connectivity index (χ0) is 36.0. The third kappa shape index (κ3) is 7.84. The maximum Gasteiger partial charge on any atom is 0.261 e. The minimum atomic E-state index is -0.191. The molecule has 4 aliphatic rings. The lowest BCUT2D eigenvalue weighted by Gasteiger charge is -2.36. The Kier molecular flexibility index (Phi) is 11.7. The minimum absolute atomic E-state index is 0.0161. The fourth-order valence-electron chi connectivity index (χ4n) is 7.68. The molecule has 1 atom stereocenters. The first-order chi connectivity index (χ1) is 25.4. The third-order valence-electron chi connectivity index (χ3n) is 10.6. The predicted molar refractivity (Wildman–Crippen MR) is 211 cm³/mol. The number of ether oxygens (including phenoxy) is 2. The van der Waals surface area contributed by atoms with Crippen molar-refractivity contribution in [3.63, 3.8) is 0 Å². The first-order valence-electron chi connectivity index (χ1n) is 18.6. The molecule has 0 radical (unpaired) electrons. The fourth-order valence-corrected chi connectivity index (χ4v) is 9.00. The molecule has 0 bridgehead atoms.